The topological polar surface area (TPSA) is 52.3 Å². The monoisotopic (exact) mass is 229 g/mol. The lowest BCUT2D eigenvalue weighted by Crippen LogP contribution is -2.18. The third-order valence-electron chi connectivity index (χ3n) is 3.20. The second-order valence-electron chi connectivity index (χ2n) is 4.61. The van der Waals surface area contributed by atoms with E-state index in [2.05, 4.69) is 6.92 Å². The van der Waals surface area contributed by atoms with E-state index in [1.165, 1.54) is 0 Å². The second kappa shape index (κ2) is 3.64. The minimum Gasteiger partial charge on any atom is -0.464 e. The van der Waals surface area contributed by atoms with E-state index in [0.29, 0.717) is 0 Å². The van der Waals surface area contributed by atoms with E-state index in [1.54, 1.807) is 12.5 Å². The smallest absolute Gasteiger partial charge is 0.138 e. The van der Waals surface area contributed by atoms with Crippen LogP contribution in [-0.2, 0) is 6.42 Å². The molecule has 88 valence electrons. The number of nitrogens with two attached hydrogens (primary N) is 1. The lowest BCUT2D eigenvalue weighted by molar-refractivity contribution is 0.604. The van der Waals surface area contributed by atoms with Gasteiger partial charge in [-0.2, -0.15) is 0 Å². The standard InChI is InChI=1S/C14H15NO2/c1-8(15)7-12-11-4-6-16-13(11)9(2)10-3-5-17-14(10)12/h3-6,8H,7,15H2,1-2H3. The van der Waals surface area contributed by atoms with Crippen LogP contribution in [0.15, 0.2) is 33.5 Å². The van der Waals surface area contributed by atoms with Gasteiger partial charge >= 0.3 is 0 Å². The fourth-order valence-electron chi connectivity index (χ4n) is 2.44. The summed E-state index contributed by atoms with van der Waals surface area (Å²) in [7, 11) is 0. The molecule has 1 unspecified atom stereocenters. The zero-order chi connectivity index (χ0) is 12.0. The highest BCUT2D eigenvalue weighted by Crippen LogP contribution is 2.34. The molecule has 2 N–H and O–H groups in total. The molecule has 0 amide bonds. The molecule has 0 saturated heterocycles. The third-order valence-corrected chi connectivity index (χ3v) is 3.20. The lowest BCUT2D eigenvalue weighted by Gasteiger charge is -2.09. The maximum atomic E-state index is 5.91. The van der Waals surface area contributed by atoms with Crippen LogP contribution in [0.1, 0.15) is 18.1 Å². The largest absolute Gasteiger partial charge is 0.464 e. The van der Waals surface area contributed by atoms with Crippen LogP contribution < -0.4 is 5.73 Å². The molecule has 2 heterocycles. The molecule has 0 aliphatic heterocycles. The normalized spacial score (nSPS) is 13.6. The summed E-state index contributed by atoms with van der Waals surface area (Å²) >= 11 is 0. The molecule has 17 heavy (non-hydrogen) atoms. The molecule has 0 saturated carbocycles. The Bertz CT molecular complexity index is 624. The maximum Gasteiger partial charge on any atom is 0.138 e. The lowest BCUT2D eigenvalue weighted by atomic mass is 9.98. The molecule has 3 nitrogen and oxygen atoms in total. The van der Waals surface area contributed by atoms with Crippen molar-refractivity contribution in [2.24, 2.45) is 5.73 Å². The second-order valence-corrected chi connectivity index (χ2v) is 4.61. The van der Waals surface area contributed by atoms with Crippen molar-refractivity contribution in [3.05, 3.63) is 35.8 Å². The first-order chi connectivity index (χ1) is 8.18. The Morgan fingerprint density at radius 1 is 1.12 bits per heavy atom. The van der Waals surface area contributed by atoms with Gasteiger partial charge in [0.2, 0.25) is 0 Å². The van der Waals surface area contributed by atoms with Gasteiger partial charge in [-0.15, -0.1) is 0 Å². The van der Waals surface area contributed by atoms with E-state index in [1.807, 2.05) is 19.1 Å². The zero-order valence-corrected chi connectivity index (χ0v) is 9.99. The van der Waals surface area contributed by atoms with Crippen LogP contribution in [0.25, 0.3) is 21.9 Å². The van der Waals surface area contributed by atoms with Crippen LogP contribution in [0.4, 0.5) is 0 Å². The number of benzene rings is 1. The summed E-state index contributed by atoms with van der Waals surface area (Å²) in [4.78, 5) is 0. The van der Waals surface area contributed by atoms with Crippen molar-refractivity contribution in [3.8, 4) is 0 Å². The number of fused-ring (bicyclic) bond motifs is 2. The van der Waals surface area contributed by atoms with E-state index in [0.717, 1.165) is 39.5 Å². The fraction of sp³-hybridized carbons (Fsp3) is 0.286. The molecule has 0 aliphatic carbocycles. The summed E-state index contributed by atoms with van der Waals surface area (Å²) in [6, 6.07) is 4.07. The summed E-state index contributed by atoms with van der Waals surface area (Å²) in [6.45, 7) is 4.06. The van der Waals surface area contributed by atoms with E-state index in [4.69, 9.17) is 14.6 Å². The molecule has 3 rings (SSSR count). The number of rotatable bonds is 2. The molecular weight excluding hydrogens is 214 g/mol. The van der Waals surface area contributed by atoms with Crippen LogP contribution in [0.2, 0.25) is 0 Å². The average molecular weight is 229 g/mol. The van der Waals surface area contributed by atoms with Crippen LogP contribution >= 0.6 is 0 Å². The highest BCUT2D eigenvalue weighted by atomic mass is 16.3. The van der Waals surface area contributed by atoms with Crippen molar-refractivity contribution < 1.29 is 8.83 Å². The van der Waals surface area contributed by atoms with Crippen LogP contribution in [-0.4, -0.2) is 6.04 Å². The molecule has 1 atom stereocenters. The van der Waals surface area contributed by atoms with Crippen molar-refractivity contribution in [2.75, 3.05) is 0 Å². The average Bonchev–Trinajstić information content (AvgIpc) is 2.92. The molecule has 3 heteroatoms. The molecular formula is C14H15NO2. The summed E-state index contributed by atoms with van der Waals surface area (Å²) in [5, 5.41) is 2.23. The zero-order valence-electron chi connectivity index (χ0n) is 9.99. The first-order valence-electron chi connectivity index (χ1n) is 5.80. The van der Waals surface area contributed by atoms with E-state index in [-0.39, 0.29) is 6.04 Å². The molecule has 0 fully saturated rings. The number of hydrogen-bond acceptors (Lipinski definition) is 3. The molecule has 1 aromatic carbocycles. The number of furan rings is 2. The van der Waals surface area contributed by atoms with Gasteiger partial charge in [0.1, 0.15) is 11.2 Å². The van der Waals surface area contributed by atoms with Crippen molar-refractivity contribution in [2.45, 2.75) is 26.3 Å². The highest BCUT2D eigenvalue weighted by Gasteiger charge is 2.16. The summed E-state index contributed by atoms with van der Waals surface area (Å²) in [6.07, 6.45) is 4.24. The van der Waals surface area contributed by atoms with Gasteiger partial charge in [0.25, 0.3) is 0 Å². The Kier molecular flexibility index (Phi) is 2.23. The summed E-state index contributed by atoms with van der Waals surface area (Å²) < 4.78 is 11.2. The van der Waals surface area contributed by atoms with E-state index < -0.39 is 0 Å². The first-order valence-corrected chi connectivity index (χ1v) is 5.80. The van der Waals surface area contributed by atoms with Gasteiger partial charge in [-0.25, -0.2) is 0 Å². The highest BCUT2D eigenvalue weighted by molar-refractivity contribution is 6.01. The Morgan fingerprint density at radius 3 is 2.47 bits per heavy atom. The maximum absolute atomic E-state index is 5.91. The van der Waals surface area contributed by atoms with Crippen molar-refractivity contribution in [1.82, 2.24) is 0 Å². The third kappa shape index (κ3) is 1.46. The molecule has 0 radical (unpaired) electrons. The molecule has 0 aliphatic rings. The number of aryl methyl sites for hydroxylation is 1. The Hall–Kier alpha value is -1.74. The van der Waals surface area contributed by atoms with Gasteiger partial charge < -0.3 is 14.6 Å². The van der Waals surface area contributed by atoms with Crippen molar-refractivity contribution in [1.29, 1.82) is 0 Å². The molecule has 0 bridgehead atoms. The predicted molar refractivity (Wildman–Crippen MR) is 68.1 cm³/mol. The fourth-order valence-corrected chi connectivity index (χ4v) is 2.44. The van der Waals surface area contributed by atoms with Crippen molar-refractivity contribution in [3.63, 3.8) is 0 Å². The van der Waals surface area contributed by atoms with E-state index in [9.17, 15) is 0 Å². The quantitative estimate of drug-likeness (QED) is 0.732. The molecule has 3 aromatic rings. The van der Waals surface area contributed by atoms with E-state index >= 15 is 0 Å². The minimum absolute atomic E-state index is 0.101. The predicted octanol–water partition coefficient (Wildman–Crippen LogP) is 3.38. The van der Waals surface area contributed by atoms with Gasteiger partial charge in [0, 0.05) is 27.9 Å². The number of hydrogen-bond donors (Lipinski definition) is 1. The summed E-state index contributed by atoms with van der Waals surface area (Å²) in [5.74, 6) is 0. The molecule has 2 aromatic heterocycles. The van der Waals surface area contributed by atoms with Gasteiger partial charge in [-0.1, -0.05) is 0 Å². The Morgan fingerprint density at radius 2 is 1.76 bits per heavy atom. The Balaban J connectivity index is 2.43. The van der Waals surface area contributed by atoms with Gasteiger partial charge in [0.15, 0.2) is 0 Å². The van der Waals surface area contributed by atoms with Gasteiger partial charge in [-0.3, -0.25) is 0 Å². The summed E-state index contributed by atoms with van der Waals surface area (Å²) in [5.41, 5.74) is 10.1. The SMILES string of the molecule is Cc1c2ccoc2c(CC(C)N)c2ccoc12. The minimum atomic E-state index is 0.101. The first kappa shape index (κ1) is 10.4. The van der Waals surface area contributed by atoms with Gasteiger partial charge in [0.05, 0.1) is 12.5 Å². The van der Waals surface area contributed by atoms with Crippen LogP contribution in [0.3, 0.4) is 0 Å². The Labute approximate surface area is 99.2 Å². The van der Waals surface area contributed by atoms with Crippen molar-refractivity contribution >= 4 is 21.9 Å². The van der Waals surface area contributed by atoms with Gasteiger partial charge in [-0.05, 0) is 32.4 Å². The molecule has 0 spiro atoms. The van der Waals surface area contributed by atoms with Crippen LogP contribution in [0.5, 0.6) is 0 Å². The van der Waals surface area contributed by atoms with Crippen LogP contribution in [0, 0.1) is 6.92 Å².